The lowest BCUT2D eigenvalue weighted by atomic mass is 10.0. The highest BCUT2D eigenvalue weighted by molar-refractivity contribution is 5.79. The second-order valence-electron chi connectivity index (χ2n) is 4.71. The fraction of sp³-hybridized carbons (Fsp3) is 0.909. The fourth-order valence-corrected chi connectivity index (χ4v) is 3.02. The molecule has 0 aromatic carbocycles. The first-order chi connectivity index (χ1) is 6.18. The van der Waals surface area contributed by atoms with Gasteiger partial charge in [0.05, 0.1) is 0 Å². The zero-order valence-electron chi connectivity index (χ0n) is 8.62. The molecular weight excluding hydrogens is 162 g/mol. The van der Waals surface area contributed by atoms with Crippen LogP contribution < -0.4 is 0 Å². The van der Waals surface area contributed by atoms with Crippen LogP contribution in [0.2, 0.25) is 0 Å². The topological polar surface area (TPSA) is 20.3 Å². The molecular formula is C11H19NO. The molecule has 2 aliphatic heterocycles. The minimum Gasteiger partial charge on any atom is -0.300 e. The summed E-state index contributed by atoms with van der Waals surface area (Å²) >= 11 is 0. The maximum Gasteiger partial charge on any atom is 0.134 e. The van der Waals surface area contributed by atoms with Crippen molar-refractivity contribution in [1.82, 2.24) is 4.90 Å². The van der Waals surface area contributed by atoms with E-state index in [0.29, 0.717) is 23.9 Å². The van der Waals surface area contributed by atoms with E-state index in [4.69, 9.17) is 0 Å². The van der Waals surface area contributed by atoms with Crippen molar-refractivity contribution >= 4 is 5.78 Å². The third-order valence-corrected chi connectivity index (χ3v) is 3.49. The summed E-state index contributed by atoms with van der Waals surface area (Å²) in [4.78, 5) is 14.0. The Labute approximate surface area is 80.3 Å². The van der Waals surface area contributed by atoms with Crippen molar-refractivity contribution in [2.24, 2.45) is 0 Å². The molecule has 2 bridgehead atoms. The molecule has 13 heavy (non-hydrogen) atoms. The van der Waals surface area contributed by atoms with Crippen molar-refractivity contribution < 1.29 is 4.79 Å². The summed E-state index contributed by atoms with van der Waals surface area (Å²) in [6, 6.07) is 1.89. The summed E-state index contributed by atoms with van der Waals surface area (Å²) in [7, 11) is 0. The zero-order valence-corrected chi connectivity index (χ0v) is 8.62. The van der Waals surface area contributed by atoms with E-state index in [1.54, 1.807) is 0 Å². The number of hydrogen-bond acceptors (Lipinski definition) is 2. The number of Topliss-reactive ketones (excluding diaryl/α,β-unsaturated/α-hetero) is 1. The van der Waals surface area contributed by atoms with Crippen LogP contribution in [0.5, 0.6) is 0 Å². The molecule has 2 fully saturated rings. The second-order valence-corrected chi connectivity index (χ2v) is 4.71. The van der Waals surface area contributed by atoms with Crippen molar-refractivity contribution in [3.8, 4) is 0 Å². The van der Waals surface area contributed by atoms with Crippen molar-refractivity contribution in [1.29, 1.82) is 0 Å². The molecule has 0 saturated carbocycles. The van der Waals surface area contributed by atoms with Crippen LogP contribution in [0.15, 0.2) is 0 Å². The van der Waals surface area contributed by atoms with Gasteiger partial charge in [0.25, 0.3) is 0 Å². The molecule has 2 nitrogen and oxygen atoms in total. The maximum absolute atomic E-state index is 11.4. The Bertz CT molecular complexity index is 212. The number of carbonyl (C=O) groups excluding carboxylic acids is 1. The van der Waals surface area contributed by atoms with Gasteiger partial charge in [0, 0.05) is 31.0 Å². The van der Waals surface area contributed by atoms with Gasteiger partial charge >= 0.3 is 0 Å². The van der Waals surface area contributed by atoms with Crippen LogP contribution in [0.3, 0.4) is 0 Å². The van der Waals surface area contributed by atoms with Crippen molar-refractivity contribution in [3.63, 3.8) is 0 Å². The smallest absolute Gasteiger partial charge is 0.134 e. The van der Waals surface area contributed by atoms with Gasteiger partial charge in [-0.1, -0.05) is 0 Å². The largest absolute Gasteiger partial charge is 0.300 e. The maximum atomic E-state index is 11.4. The molecule has 0 spiro atoms. The van der Waals surface area contributed by atoms with Gasteiger partial charge in [-0.2, -0.15) is 0 Å². The molecule has 2 aliphatic rings. The van der Waals surface area contributed by atoms with Gasteiger partial charge in [-0.05, 0) is 33.1 Å². The van der Waals surface area contributed by atoms with Crippen LogP contribution in [-0.2, 0) is 4.79 Å². The zero-order chi connectivity index (χ0) is 9.42. The highest BCUT2D eigenvalue weighted by Crippen LogP contribution is 2.34. The van der Waals surface area contributed by atoms with Crippen molar-refractivity contribution in [2.45, 2.75) is 64.1 Å². The Hall–Kier alpha value is -0.370. The Kier molecular flexibility index (Phi) is 2.41. The van der Waals surface area contributed by atoms with Crippen LogP contribution in [-0.4, -0.2) is 28.8 Å². The van der Waals surface area contributed by atoms with E-state index in [1.165, 1.54) is 12.8 Å². The number of nitrogens with zero attached hydrogens (tertiary/aromatic N) is 1. The minimum absolute atomic E-state index is 0.484. The van der Waals surface area contributed by atoms with E-state index in [1.807, 2.05) is 0 Å². The Morgan fingerprint density at radius 1 is 1.23 bits per heavy atom. The van der Waals surface area contributed by atoms with Crippen LogP contribution in [0.4, 0.5) is 0 Å². The molecule has 0 N–H and O–H groups in total. The Morgan fingerprint density at radius 2 is 1.92 bits per heavy atom. The molecule has 74 valence electrons. The summed E-state index contributed by atoms with van der Waals surface area (Å²) < 4.78 is 0. The molecule has 0 amide bonds. The fourth-order valence-electron chi connectivity index (χ4n) is 3.02. The third-order valence-electron chi connectivity index (χ3n) is 3.49. The van der Waals surface area contributed by atoms with Gasteiger partial charge in [0.1, 0.15) is 5.78 Å². The van der Waals surface area contributed by atoms with E-state index in [0.717, 1.165) is 19.3 Å². The first-order valence-corrected chi connectivity index (χ1v) is 5.47. The SMILES string of the molecule is CC(C)N1C2CCC(=O)CC1CC2. The average Bonchev–Trinajstić information content (AvgIpc) is 2.34. The number of rotatable bonds is 1. The van der Waals surface area contributed by atoms with Gasteiger partial charge in [-0.25, -0.2) is 0 Å². The summed E-state index contributed by atoms with van der Waals surface area (Å²) in [5.74, 6) is 0.484. The number of carbonyl (C=O) groups is 1. The lowest BCUT2D eigenvalue weighted by molar-refractivity contribution is -0.119. The number of ketones is 1. The quantitative estimate of drug-likeness (QED) is 0.616. The van der Waals surface area contributed by atoms with Crippen LogP contribution >= 0.6 is 0 Å². The highest BCUT2D eigenvalue weighted by Gasteiger charge is 2.38. The first-order valence-electron chi connectivity index (χ1n) is 5.47. The van der Waals surface area contributed by atoms with Gasteiger partial charge < -0.3 is 0 Å². The predicted molar refractivity (Wildman–Crippen MR) is 52.6 cm³/mol. The van der Waals surface area contributed by atoms with E-state index >= 15 is 0 Å². The molecule has 2 rings (SSSR count). The van der Waals surface area contributed by atoms with Gasteiger partial charge in [-0.3, -0.25) is 9.69 Å². The normalized spacial score (nSPS) is 35.5. The van der Waals surface area contributed by atoms with Crippen LogP contribution in [0.1, 0.15) is 46.0 Å². The predicted octanol–water partition coefficient (Wildman–Crippen LogP) is 1.98. The average molecular weight is 181 g/mol. The van der Waals surface area contributed by atoms with E-state index in [2.05, 4.69) is 18.7 Å². The Balaban J connectivity index is 2.15. The minimum atomic E-state index is 0.484. The third kappa shape index (κ3) is 1.64. The van der Waals surface area contributed by atoms with E-state index < -0.39 is 0 Å². The lowest BCUT2D eigenvalue weighted by Crippen LogP contribution is -2.40. The molecule has 2 heterocycles. The van der Waals surface area contributed by atoms with Gasteiger partial charge in [0.15, 0.2) is 0 Å². The number of hydrogen-bond donors (Lipinski definition) is 0. The highest BCUT2D eigenvalue weighted by atomic mass is 16.1. The standard InChI is InChI=1S/C11H19NO/c1-8(2)12-9-3-4-10(12)7-11(13)6-5-9/h8-10H,3-7H2,1-2H3. The molecule has 0 aliphatic carbocycles. The van der Waals surface area contributed by atoms with E-state index in [9.17, 15) is 4.79 Å². The molecule has 0 radical (unpaired) electrons. The van der Waals surface area contributed by atoms with Gasteiger partial charge in [-0.15, -0.1) is 0 Å². The molecule has 0 aromatic heterocycles. The van der Waals surface area contributed by atoms with Gasteiger partial charge in [0.2, 0.25) is 0 Å². The summed E-state index contributed by atoms with van der Waals surface area (Å²) in [6.45, 7) is 4.50. The van der Waals surface area contributed by atoms with Crippen LogP contribution in [0.25, 0.3) is 0 Å². The summed E-state index contributed by atoms with van der Waals surface area (Å²) in [5, 5.41) is 0. The molecule has 0 aromatic rings. The summed E-state index contributed by atoms with van der Waals surface area (Å²) in [6.07, 6.45) is 5.30. The monoisotopic (exact) mass is 181 g/mol. The first kappa shape index (κ1) is 9.20. The summed E-state index contributed by atoms with van der Waals surface area (Å²) in [5.41, 5.74) is 0. The number of fused-ring (bicyclic) bond motifs is 2. The van der Waals surface area contributed by atoms with Crippen LogP contribution in [0, 0.1) is 0 Å². The molecule has 2 unspecified atom stereocenters. The molecule has 2 saturated heterocycles. The second kappa shape index (κ2) is 3.41. The van der Waals surface area contributed by atoms with Crippen molar-refractivity contribution in [3.05, 3.63) is 0 Å². The molecule has 2 atom stereocenters. The lowest BCUT2D eigenvalue weighted by Gasteiger charge is -2.31. The van der Waals surface area contributed by atoms with E-state index in [-0.39, 0.29) is 0 Å². The molecule has 2 heteroatoms. The Morgan fingerprint density at radius 3 is 2.62 bits per heavy atom. The van der Waals surface area contributed by atoms with Crippen molar-refractivity contribution in [2.75, 3.05) is 0 Å².